The Morgan fingerprint density at radius 3 is 2.48 bits per heavy atom. The maximum Gasteiger partial charge on any atom is 0.251 e. The molecule has 3 N–H and O–H groups in total. The number of carbonyl (C=O) groups is 1. The van der Waals surface area contributed by atoms with E-state index in [0.717, 1.165) is 5.56 Å². The van der Waals surface area contributed by atoms with Gasteiger partial charge in [0.25, 0.3) is 5.91 Å². The molecule has 0 fully saturated rings. The summed E-state index contributed by atoms with van der Waals surface area (Å²) in [6.07, 6.45) is 0. The zero-order valence-electron chi connectivity index (χ0n) is 15.6. The number of nitrogens with one attached hydrogen (secondary N) is 3. The Kier molecular flexibility index (Phi) is 8.09. The molecule has 2 rings (SSSR count). The predicted octanol–water partition coefficient (Wildman–Crippen LogP) is 2.32. The number of carbonyl (C=O) groups excluding carboxylic acids is 1. The highest BCUT2D eigenvalue weighted by atomic mass is 19.1. The molecule has 2 aromatic rings. The van der Waals surface area contributed by atoms with Crippen molar-refractivity contribution < 1.29 is 13.9 Å². The van der Waals surface area contributed by atoms with Crippen molar-refractivity contribution in [2.45, 2.75) is 13.5 Å². The van der Waals surface area contributed by atoms with Gasteiger partial charge in [-0.05, 0) is 48.9 Å². The number of benzene rings is 2. The van der Waals surface area contributed by atoms with Crippen LogP contribution in [-0.4, -0.2) is 38.6 Å². The summed E-state index contributed by atoms with van der Waals surface area (Å²) in [4.78, 5) is 16.5. The highest BCUT2D eigenvalue weighted by molar-refractivity contribution is 5.94. The minimum absolute atomic E-state index is 0.152. The fourth-order valence-corrected chi connectivity index (χ4v) is 2.35. The number of aliphatic imine (C=N–C) groups is 1. The first-order valence-corrected chi connectivity index (χ1v) is 8.81. The number of ether oxygens (including phenoxy) is 1. The summed E-state index contributed by atoms with van der Waals surface area (Å²) >= 11 is 0. The monoisotopic (exact) mass is 372 g/mol. The predicted molar refractivity (Wildman–Crippen MR) is 105 cm³/mol. The first kappa shape index (κ1) is 20.2. The summed E-state index contributed by atoms with van der Waals surface area (Å²) in [6, 6.07) is 13.3. The van der Waals surface area contributed by atoms with E-state index >= 15 is 0 Å². The lowest BCUT2D eigenvalue weighted by molar-refractivity contribution is 0.0954. The van der Waals surface area contributed by atoms with Crippen molar-refractivity contribution in [2.75, 3.05) is 26.7 Å². The number of nitrogens with zero attached hydrogens (tertiary/aromatic N) is 1. The SMILES string of the molecule is CCNC(=NCc1cccc(F)c1)NCCNC(=O)c1ccc(OC)cc1. The maximum absolute atomic E-state index is 13.2. The van der Waals surface area contributed by atoms with E-state index in [4.69, 9.17) is 4.74 Å². The van der Waals surface area contributed by atoms with Crippen molar-refractivity contribution in [2.24, 2.45) is 4.99 Å². The van der Waals surface area contributed by atoms with Gasteiger partial charge in [-0.3, -0.25) is 4.79 Å². The van der Waals surface area contributed by atoms with Crippen molar-refractivity contribution >= 4 is 11.9 Å². The molecular weight excluding hydrogens is 347 g/mol. The average molecular weight is 372 g/mol. The van der Waals surface area contributed by atoms with Crippen LogP contribution in [0.25, 0.3) is 0 Å². The number of rotatable bonds is 8. The summed E-state index contributed by atoms with van der Waals surface area (Å²) in [5, 5.41) is 9.10. The van der Waals surface area contributed by atoms with Crippen LogP contribution in [0.4, 0.5) is 4.39 Å². The van der Waals surface area contributed by atoms with Crippen molar-refractivity contribution in [1.29, 1.82) is 0 Å². The van der Waals surface area contributed by atoms with Crippen molar-refractivity contribution in [1.82, 2.24) is 16.0 Å². The molecule has 27 heavy (non-hydrogen) atoms. The Hall–Kier alpha value is -3.09. The van der Waals surface area contributed by atoms with Gasteiger partial charge in [-0.1, -0.05) is 12.1 Å². The van der Waals surface area contributed by atoms with Gasteiger partial charge in [-0.15, -0.1) is 0 Å². The van der Waals surface area contributed by atoms with Gasteiger partial charge >= 0.3 is 0 Å². The van der Waals surface area contributed by atoms with Gasteiger partial charge in [0.05, 0.1) is 13.7 Å². The molecule has 6 nitrogen and oxygen atoms in total. The normalized spacial score (nSPS) is 11.0. The van der Waals surface area contributed by atoms with Crippen LogP contribution >= 0.6 is 0 Å². The van der Waals surface area contributed by atoms with E-state index in [2.05, 4.69) is 20.9 Å². The summed E-state index contributed by atoms with van der Waals surface area (Å²) in [6.45, 7) is 3.98. The van der Waals surface area contributed by atoms with Crippen LogP contribution in [0, 0.1) is 5.82 Å². The summed E-state index contributed by atoms with van der Waals surface area (Å²) in [5.41, 5.74) is 1.36. The highest BCUT2D eigenvalue weighted by Crippen LogP contribution is 2.10. The van der Waals surface area contributed by atoms with Crippen LogP contribution in [0.3, 0.4) is 0 Å². The van der Waals surface area contributed by atoms with Gasteiger partial charge in [-0.2, -0.15) is 0 Å². The lowest BCUT2D eigenvalue weighted by Crippen LogP contribution is -2.41. The number of amides is 1. The van der Waals surface area contributed by atoms with E-state index < -0.39 is 0 Å². The van der Waals surface area contributed by atoms with E-state index in [1.165, 1.54) is 12.1 Å². The molecule has 0 saturated carbocycles. The first-order valence-electron chi connectivity index (χ1n) is 8.81. The second-order valence-corrected chi connectivity index (χ2v) is 5.74. The Morgan fingerprint density at radius 2 is 1.81 bits per heavy atom. The molecule has 0 atom stereocenters. The molecule has 0 spiro atoms. The molecule has 7 heteroatoms. The van der Waals surface area contributed by atoms with Crippen LogP contribution in [0.15, 0.2) is 53.5 Å². The fourth-order valence-electron chi connectivity index (χ4n) is 2.35. The lowest BCUT2D eigenvalue weighted by atomic mass is 10.2. The van der Waals surface area contributed by atoms with Gasteiger partial charge in [0, 0.05) is 25.2 Å². The minimum atomic E-state index is -0.276. The van der Waals surface area contributed by atoms with Gasteiger partial charge in [0.15, 0.2) is 5.96 Å². The molecule has 0 aliphatic heterocycles. The summed E-state index contributed by atoms with van der Waals surface area (Å²) in [7, 11) is 1.58. The first-order chi connectivity index (χ1) is 13.1. The largest absolute Gasteiger partial charge is 0.497 e. The average Bonchev–Trinajstić information content (AvgIpc) is 2.69. The molecule has 0 bridgehead atoms. The van der Waals surface area contributed by atoms with E-state index in [1.807, 2.05) is 13.0 Å². The minimum Gasteiger partial charge on any atom is -0.497 e. The number of hydrogen-bond donors (Lipinski definition) is 3. The molecule has 0 aliphatic carbocycles. The molecule has 0 saturated heterocycles. The molecule has 2 aromatic carbocycles. The Morgan fingerprint density at radius 1 is 1.07 bits per heavy atom. The van der Waals surface area contributed by atoms with Crippen molar-refractivity contribution in [3.8, 4) is 5.75 Å². The van der Waals surface area contributed by atoms with Crippen LogP contribution < -0.4 is 20.7 Å². The van der Waals surface area contributed by atoms with E-state index in [0.29, 0.717) is 43.5 Å². The van der Waals surface area contributed by atoms with Gasteiger partial charge in [-0.25, -0.2) is 9.38 Å². The third kappa shape index (κ3) is 6.97. The second-order valence-electron chi connectivity index (χ2n) is 5.74. The third-order valence-electron chi connectivity index (χ3n) is 3.71. The van der Waals surface area contributed by atoms with Crippen LogP contribution in [0.5, 0.6) is 5.75 Å². The molecule has 0 aliphatic rings. The Balaban J connectivity index is 1.79. The van der Waals surface area contributed by atoms with Crippen LogP contribution in [-0.2, 0) is 6.54 Å². The maximum atomic E-state index is 13.2. The topological polar surface area (TPSA) is 74.8 Å². The molecule has 0 aromatic heterocycles. The molecule has 0 heterocycles. The summed E-state index contributed by atoms with van der Waals surface area (Å²) < 4.78 is 18.3. The van der Waals surface area contributed by atoms with Crippen molar-refractivity contribution in [3.05, 3.63) is 65.5 Å². The van der Waals surface area contributed by atoms with Crippen LogP contribution in [0.1, 0.15) is 22.8 Å². The molecular formula is C20H25FN4O2. The van der Waals surface area contributed by atoms with E-state index in [1.54, 1.807) is 37.4 Å². The molecule has 0 radical (unpaired) electrons. The second kappa shape index (κ2) is 10.8. The Labute approximate surface area is 158 Å². The summed E-state index contributed by atoms with van der Waals surface area (Å²) in [5.74, 6) is 0.890. The van der Waals surface area contributed by atoms with Gasteiger partial charge in [0.1, 0.15) is 11.6 Å². The zero-order valence-corrected chi connectivity index (χ0v) is 15.6. The van der Waals surface area contributed by atoms with Gasteiger partial charge in [0.2, 0.25) is 0 Å². The van der Waals surface area contributed by atoms with Gasteiger partial charge < -0.3 is 20.7 Å². The van der Waals surface area contributed by atoms with Crippen LogP contribution in [0.2, 0.25) is 0 Å². The molecule has 144 valence electrons. The highest BCUT2D eigenvalue weighted by Gasteiger charge is 2.05. The number of methoxy groups -OCH3 is 1. The number of guanidine groups is 1. The quantitative estimate of drug-likeness (QED) is 0.378. The fraction of sp³-hybridized carbons (Fsp3) is 0.300. The standard InChI is InChI=1S/C20H25FN4O2/c1-3-22-20(25-14-15-5-4-6-17(21)13-15)24-12-11-23-19(26)16-7-9-18(27-2)10-8-16/h4-10,13H,3,11-12,14H2,1-2H3,(H,23,26)(H2,22,24,25). The smallest absolute Gasteiger partial charge is 0.251 e. The lowest BCUT2D eigenvalue weighted by Gasteiger charge is -2.12. The number of hydrogen-bond acceptors (Lipinski definition) is 3. The third-order valence-corrected chi connectivity index (χ3v) is 3.71. The van der Waals surface area contributed by atoms with Crippen molar-refractivity contribution in [3.63, 3.8) is 0 Å². The van der Waals surface area contributed by atoms with E-state index in [9.17, 15) is 9.18 Å². The molecule has 1 amide bonds. The zero-order chi connectivity index (χ0) is 19.5. The Bertz CT molecular complexity index is 763. The number of halogens is 1. The molecule has 0 unspecified atom stereocenters. The van der Waals surface area contributed by atoms with E-state index in [-0.39, 0.29) is 11.7 Å².